The maximum atomic E-state index is 5.18. The summed E-state index contributed by atoms with van der Waals surface area (Å²) in [5.41, 5.74) is 4.96. The summed E-state index contributed by atoms with van der Waals surface area (Å²) in [6.07, 6.45) is 0. The number of halogens is 1. The third-order valence-corrected chi connectivity index (χ3v) is 0.860. The van der Waals surface area contributed by atoms with Crippen molar-refractivity contribution in [3.63, 3.8) is 0 Å². The fourth-order valence-corrected chi connectivity index (χ4v) is 0. The van der Waals surface area contributed by atoms with E-state index in [1.165, 1.54) is 0 Å². The van der Waals surface area contributed by atoms with Crippen LogP contribution in [0.5, 0.6) is 0 Å². The van der Waals surface area contributed by atoms with Crippen molar-refractivity contribution in [3.05, 3.63) is 0 Å². The Morgan fingerprint density at radius 2 is 2.17 bits per heavy atom. The first-order chi connectivity index (χ1) is 2.64. The lowest BCUT2D eigenvalue weighted by Gasteiger charge is -2.01. The SMILES string of the molecule is CN(Cl)C(N)=S. The van der Waals surface area contributed by atoms with E-state index < -0.39 is 0 Å². The van der Waals surface area contributed by atoms with Crippen molar-refractivity contribution in [1.29, 1.82) is 0 Å². The molecule has 2 nitrogen and oxygen atoms in total. The summed E-state index contributed by atoms with van der Waals surface area (Å²) < 4.78 is 1.15. The molecule has 0 rings (SSSR count). The Kier molecular flexibility index (Phi) is 2.20. The van der Waals surface area contributed by atoms with E-state index in [-0.39, 0.29) is 5.11 Å². The van der Waals surface area contributed by atoms with Gasteiger partial charge in [0.05, 0.1) is 0 Å². The number of nitrogens with two attached hydrogens (primary N) is 1. The molecule has 0 saturated heterocycles. The van der Waals surface area contributed by atoms with Crippen LogP contribution in [0.4, 0.5) is 0 Å². The maximum Gasteiger partial charge on any atom is 0.180 e. The van der Waals surface area contributed by atoms with Crippen molar-refractivity contribution < 1.29 is 0 Å². The molecule has 0 aliphatic carbocycles. The predicted octanol–water partition coefficient (Wildman–Crippen LogP) is 0.316. The molecule has 0 aromatic carbocycles. The molecule has 0 aliphatic rings. The zero-order chi connectivity index (χ0) is 5.15. The molecule has 0 bridgehead atoms. The summed E-state index contributed by atoms with van der Waals surface area (Å²) >= 11 is 9.57. The maximum absolute atomic E-state index is 5.18. The molecule has 0 aromatic heterocycles. The average molecular weight is 125 g/mol. The van der Waals surface area contributed by atoms with Crippen LogP contribution >= 0.6 is 24.0 Å². The molecule has 6 heavy (non-hydrogen) atoms. The molecular weight excluding hydrogens is 120 g/mol. The van der Waals surface area contributed by atoms with Crippen LogP contribution in [0.25, 0.3) is 0 Å². The Morgan fingerprint density at radius 3 is 2.17 bits per heavy atom. The number of hydrogen-bond donors (Lipinski definition) is 1. The van der Waals surface area contributed by atoms with Crippen LogP contribution in [0.2, 0.25) is 0 Å². The van der Waals surface area contributed by atoms with Gasteiger partial charge in [0.1, 0.15) is 0 Å². The molecular formula is C2H5ClN2S. The lowest BCUT2D eigenvalue weighted by atomic mass is 11.1. The van der Waals surface area contributed by atoms with Gasteiger partial charge < -0.3 is 5.73 Å². The molecule has 0 fully saturated rings. The third kappa shape index (κ3) is 2.23. The average Bonchev–Trinajstić information content (AvgIpc) is 1.36. The third-order valence-electron chi connectivity index (χ3n) is 0.304. The number of rotatable bonds is 0. The second-order valence-corrected chi connectivity index (χ2v) is 1.74. The highest BCUT2D eigenvalue weighted by atomic mass is 35.5. The van der Waals surface area contributed by atoms with Gasteiger partial charge in [-0.3, -0.25) is 4.42 Å². The van der Waals surface area contributed by atoms with Crippen molar-refractivity contribution >= 4 is 29.1 Å². The van der Waals surface area contributed by atoms with Gasteiger partial charge in [-0.05, 0) is 12.2 Å². The number of thiocarbonyl (C=S) groups is 1. The Morgan fingerprint density at radius 1 is 2.00 bits per heavy atom. The van der Waals surface area contributed by atoms with E-state index in [0.29, 0.717) is 0 Å². The first-order valence-electron chi connectivity index (χ1n) is 1.33. The predicted molar refractivity (Wildman–Crippen MR) is 30.4 cm³/mol. The molecule has 0 radical (unpaired) electrons. The molecule has 0 aliphatic heterocycles. The van der Waals surface area contributed by atoms with Crippen LogP contribution in [0, 0.1) is 0 Å². The van der Waals surface area contributed by atoms with E-state index in [0.717, 1.165) is 4.42 Å². The fourth-order valence-electron chi connectivity index (χ4n) is 0. The molecule has 0 saturated carbocycles. The Balaban J connectivity index is 3.26. The topological polar surface area (TPSA) is 29.3 Å². The first-order valence-corrected chi connectivity index (χ1v) is 2.08. The summed E-state index contributed by atoms with van der Waals surface area (Å²) in [4.78, 5) is 0. The molecule has 36 valence electrons. The monoisotopic (exact) mass is 124 g/mol. The highest BCUT2D eigenvalue weighted by Crippen LogP contribution is 1.82. The van der Waals surface area contributed by atoms with E-state index in [9.17, 15) is 0 Å². The van der Waals surface area contributed by atoms with Crippen LogP contribution in [0.3, 0.4) is 0 Å². The molecule has 4 heteroatoms. The van der Waals surface area contributed by atoms with Gasteiger partial charge in [0.2, 0.25) is 0 Å². The molecule has 0 aromatic rings. The number of hydrogen-bond acceptors (Lipinski definition) is 1. The van der Waals surface area contributed by atoms with Gasteiger partial charge in [-0.2, -0.15) is 0 Å². The zero-order valence-electron chi connectivity index (χ0n) is 3.31. The van der Waals surface area contributed by atoms with Gasteiger partial charge in [-0.15, -0.1) is 0 Å². The van der Waals surface area contributed by atoms with Gasteiger partial charge in [-0.1, -0.05) is 0 Å². The normalized spacial score (nSPS) is 7.67. The summed E-state index contributed by atoms with van der Waals surface area (Å²) in [7, 11) is 1.57. The first kappa shape index (κ1) is 5.98. The van der Waals surface area contributed by atoms with Gasteiger partial charge in [0.25, 0.3) is 0 Å². The van der Waals surface area contributed by atoms with Crippen LogP contribution in [-0.4, -0.2) is 16.6 Å². The summed E-state index contributed by atoms with van der Waals surface area (Å²) in [5, 5.41) is 0.191. The smallest absolute Gasteiger partial charge is 0.180 e. The molecule has 0 spiro atoms. The Hall–Kier alpha value is -0.0200. The minimum absolute atomic E-state index is 0.191. The van der Waals surface area contributed by atoms with Crippen LogP contribution in [0.15, 0.2) is 0 Å². The molecule has 0 atom stereocenters. The van der Waals surface area contributed by atoms with Gasteiger partial charge in [0, 0.05) is 18.8 Å². The quantitative estimate of drug-likeness (QED) is 0.373. The minimum atomic E-state index is 0.191. The van der Waals surface area contributed by atoms with E-state index in [1.807, 2.05) is 0 Å². The van der Waals surface area contributed by atoms with Gasteiger partial charge in [-0.25, -0.2) is 0 Å². The van der Waals surface area contributed by atoms with Gasteiger partial charge >= 0.3 is 0 Å². The minimum Gasteiger partial charge on any atom is -0.375 e. The van der Waals surface area contributed by atoms with Crippen molar-refractivity contribution in [2.45, 2.75) is 0 Å². The Bertz CT molecular complexity index is 62.6. The van der Waals surface area contributed by atoms with Crippen molar-refractivity contribution in [2.24, 2.45) is 5.73 Å². The van der Waals surface area contributed by atoms with Gasteiger partial charge in [0.15, 0.2) is 5.11 Å². The van der Waals surface area contributed by atoms with Crippen molar-refractivity contribution in [1.82, 2.24) is 4.42 Å². The summed E-state index contributed by atoms with van der Waals surface area (Å²) in [6, 6.07) is 0. The molecule has 0 heterocycles. The molecule has 2 N–H and O–H groups in total. The zero-order valence-corrected chi connectivity index (χ0v) is 4.88. The fraction of sp³-hybridized carbons (Fsp3) is 0.500. The second-order valence-electron chi connectivity index (χ2n) is 0.815. The highest BCUT2D eigenvalue weighted by molar-refractivity contribution is 7.80. The molecule has 0 unspecified atom stereocenters. The highest BCUT2D eigenvalue weighted by Gasteiger charge is 1.86. The second kappa shape index (κ2) is 2.21. The van der Waals surface area contributed by atoms with E-state index in [2.05, 4.69) is 12.2 Å². The van der Waals surface area contributed by atoms with Crippen molar-refractivity contribution in [2.75, 3.05) is 7.05 Å². The Labute approximate surface area is 47.0 Å². The van der Waals surface area contributed by atoms with Crippen molar-refractivity contribution in [3.8, 4) is 0 Å². The van der Waals surface area contributed by atoms with Crippen LogP contribution in [-0.2, 0) is 0 Å². The summed E-state index contributed by atoms with van der Waals surface area (Å²) in [6.45, 7) is 0. The van der Waals surface area contributed by atoms with E-state index in [1.54, 1.807) is 7.05 Å². The van der Waals surface area contributed by atoms with Crippen LogP contribution < -0.4 is 5.73 Å². The lowest BCUT2D eigenvalue weighted by Crippen LogP contribution is -2.22. The lowest BCUT2D eigenvalue weighted by molar-refractivity contribution is 0.828. The van der Waals surface area contributed by atoms with E-state index >= 15 is 0 Å². The van der Waals surface area contributed by atoms with E-state index in [4.69, 9.17) is 17.5 Å². The molecule has 0 amide bonds. The number of nitrogens with zero attached hydrogens (tertiary/aromatic N) is 1. The summed E-state index contributed by atoms with van der Waals surface area (Å²) in [5.74, 6) is 0. The largest absolute Gasteiger partial charge is 0.375 e. The van der Waals surface area contributed by atoms with Crippen LogP contribution in [0.1, 0.15) is 0 Å². The standard InChI is InChI=1S/C2H5ClN2S/c1-5(3)2(4)6/h1H3,(H2,4,6).